The van der Waals surface area contributed by atoms with Crippen molar-refractivity contribution in [2.45, 2.75) is 18.9 Å². The van der Waals surface area contributed by atoms with Gasteiger partial charge in [-0.15, -0.1) is 0 Å². The van der Waals surface area contributed by atoms with Crippen molar-refractivity contribution in [3.8, 4) is 0 Å². The Morgan fingerprint density at radius 3 is 2.39 bits per heavy atom. The standard InChI is InChI=1S/C11H23NO4SSi/c1-14-18(15-2,16-3)6-4-5-12-8-10(9-17)7-11(12)13/h10,17H,4-9H2,1-3H3. The first-order valence-corrected chi connectivity index (χ1v) is 8.71. The van der Waals surface area contributed by atoms with Gasteiger partial charge >= 0.3 is 8.80 Å². The Hall–Kier alpha value is -0.0831. The van der Waals surface area contributed by atoms with E-state index in [1.165, 1.54) is 0 Å². The molecule has 0 aromatic rings. The number of thiol groups is 1. The summed E-state index contributed by atoms with van der Waals surface area (Å²) < 4.78 is 16.0. The number of rotatable bonds is 8. The van der Waals surface area contributed by atoms with E-state index in [1.54, 1.807) is 21.3 Å². The molecule has 1 heterocycles. The van der Waals surface area contributed by atoms with Crippen molar-refractivity contribution in [3.63, 3.8) is 0 Å². The molecule has 1 amide bonds. The molecule has 1 fully saturated rings. The van der Waals surface area contributed by atoms with Crippen molar-refractivity contribution in [2.75, 3.05) is 40.2 Å². The molecule has 0 saturated carbocycles. The summed E-state index contributed by atoms with van der Waals surface area (Å²) in [5, 5.41) is 0. The molecule has 0 bridgehead atoms. The average molecular weight is 293 g/mol. The smallest absolute Gasteiger partial charge is 0.377 e. The number of likely N-dealkylation sites (tertiary alicyclic amines) is 1. The first-order chi connectivity index (χ1) is 8.60. The minimum atomic E-state index is -2.49. The second kappa shape index (κ2) is 7.49. The van der Waals surface area contributed by atoms with Crippen LogP contribution in [0.3, 0.4) is 0 Å². The fourth-order valence-corrected chi connectivity index (χ4v) is 4.18. The van der Waals surface area contributed by atoms with Gasteiger partial charge in [0.15, 0.2) is 0 Å². The van der Waals surface area contributed by atoms with E-state index in [4.69, 9.17) is 13.3 Å². The summed E-state index contributed by atoms with van der Waals surface area (Å²) in [5.74, 6) is 1.40. The predicted molar refractivity (Wildman–Crippen MR) is 74.7 cm³/mol. The first kappa shape index (κ1) is 16.0. The normalized spacial score (nSPS) is 20.8. The lowest BCUT2D eigenvalue weighted by Gasteiger charge is -2.25. The Labute approximate surface area is 116 Å². The molecule has 1 aliphatic rings. The molecule has 106 valence electrons. The molecule has 1 rings (SSSR count). The van der Waals surface area contributed by atoms with Crippen molar-refractivity contribution in [1.82, 2.24) is 4.90 Å². The predicted octanol–water partition coefficient (Wildman–Crippen LogP) is 1.03. The number of nitrogens with zero attached hydrogens (tertiary/aromatic N) is 1. The van der Waals surface area contributed by atoms with E-state index in [0.717, 1.165) is 31.3 Å². The summed E-state index contributed by atoms with van der Waals surface area (Å²) >= 11 is 4.25. The van der Waals surface area contributed by atoms with Gasteiger partial charge < -0.3 is 18.2 Å². The maximum absolute atomic E-state index is 11.7. The lowest BCUT2D eigenvalue weighted by atomic mass is 10.1. The topological polar surface area (TPSA) is 48.0 Å². The SMILES string of the molecule is CO[Si](CCCN1CC(CS)CC1=O)(OC)OC. The Balaban J connectivity index is 2.35. The summed E-state index contributed by atoms with van der Waals surface area (Å²) in [5.41, 5.74) is 0. The van der Waals surface area contributed by atoms with Gasteiger partial charge in [-0.1, -0.05) is 0 Å². The molecule has 0 N–H and O–H groups in total. The maximum Gasteiger partial charge on any atom is 0.500 e. The minimum absolute atomic E-state index is 0.230. The monoisotopic (exact) mass is 293 g/mol. The molecule has 0 aromatic carbocycles. The van der Waals surface area contributed by atoms with Crippen molar-refractivity contribution in [3.05, 3.63) is 0 Å². The molecule has 1 saturated heterocycles. The lowest BCUT2D eigenvalue weighted by Crippen LogP contribution is -2.43. The molecular weight excluding hydrogens is 270 g/mol. The second-order valence-corrected chi connectivity index (χ2v) is 7.95. The zero-order chi connectivity index (χ0) is 13.6. The second-order valence-electron chi connectivity index (χ2n) is 4.49. The van der Waals surface area contributed by atoms with Crippen molar-refractivity contribution >= 4 is 27.3 Å². The van der Waals surface area contributed by atoms with Gasteiger partial charge in [-0.2, -0.15) is 12.6 Å². The van der Waals surface area contributed by atoms with E-state index < -0.39 is 8.80 Å². The molecular formula is C11H23NO4SSi. The van der Waals surface area contributed by atoms with Crippen LogP contribution in [0.5, 0.6) is 0 Å². The van der Waals surface area contributed by atoms with E-state index in [-0.39, 0.29) is 5.91 Å². The van der Waals surface area contributed by atoms with Gasteiger partial charge in [0.1, 0.15) is 0 Å². The lowest BCUT2D eigenvalue weighted by molar-refractivity contribution is -0.127. The zero-order valence-corrected chi connectivity index (χ0v) is 13.2. The van der Waals surface area contributed by atoms with Crippen LogP contribution in [0.4, 0.5) is 0 Å². The largest absolute Gasteiger partial charge is 0.500 e. The maximum atomic E-state index is 11.7. The van der Waals surface area contributed by atoms with Crippen LogP contribution in [0.1, 0.15) is 12.8 Å². The van der Waals surface area contributed by atoms with Gasteiger partial charge in [-0.3, -0.25) is 4.79 Å². The van der Waals surface area contributed by atoms with Crippen LogP contribution in [0.2, 0.25) is 6.04 Å². The summed E-state index contributed by atoms with van der Waals surface area (Å²) in [6.07, 6.45) is 1.47. The van der Waals surface area contributed by atoms with Gasteiger partial charge in [0, 0.05) is 46.9 Å². The van der Waals surface area contributed by atoms with Gasteiger partial charge in [0.25, 0.3) is 0 Å². The third-order valence-electron chi connectivity index (χ3n) is 3.40. The highest BCUT2D eigenvalue weighted by Gasteiger charge is 2.37. The fourth-order valence-electron chi connectivity index (χ4n) is 2.23. The highest BCUT2D eigenvalue weighted by atomic mass is 32.1. The number of hydrogen-bond acceptors (Lipinski definition) is 5. The van der Waals surface area contributed by atoms with Crippen molar-refractivity contribution < 1.29 is 18.1 Å². The number of carbonyl (C=O) groups excluding carboxylic acids is 1. The van der Waals surface area contributed by atoms with E-state index in [2.05, 4.69) is 12.6 Å². The molecule has 1 atom stereocenters. The minimum Gasteiger partial charge on any atom is -0.377 e. The molecule has 0 spiro atoms. The third-order valence-corrected chi connectivity index (χ3v) is 6.75. The Kier molecular flexibility index (Phi) is 6.65. The highest BCUT2D eigenvalue weighted by molar-refractivity contribution is 7.80. The molecule has 5 nitrogen and oxygen atoms in total. The molecule has 1 unspecified atom stereocenters. The van der Waals surface area contributed by atoms with Crippen LogP contribution >= 0.6 is 12.6 Å². The van der Waals surface area contributed by atoms with Crippen LogP contribution in [-0.4, -0.2) is 59.8 Å². The van der Waals surface area contributed by atoms with E-state index >= 15 is 0 Å². The summed E-state index contributed by atoms with van der Waals surface area (Å²) in [6.45, 7) is 1.57. The third kappa shape index (κ3) is 3.96. The van der Waals surface area contributed by atoms with Gasteiger partial charge in [-0.25, -0.2) is 0 Å². The van der Waals surface area contributed by atoms with Crippen LogP contribution in [0.15, 0.2) is 0 Å². The van der Waals surface area contributed by atoms with Crippen molar-refractivity contribution in [2.24, 2.45) is 5.92 Å². The fraction of sp³-hybridized carbons (Fsp3) is 0.909. The molecule has 0 radical (unpaired) electrons. The Morgan fingerprint density at radius 1 is 1.33 bits per heavy atom. The zero-order valence-electron chi connectivity index (χ0n) is 11.3. The van der Waals surface area contributed by atoms with Crippen LogP contribution in [0.25, 0.3) is 0 Å². The molecule has 1 aliphatic heterocycles. The van der Waals surface area contributed by atoms with E-state index in [1.807, 2.05) is 4.90 Å². The Bertz CT molecular complexity index is 268. The van der Waals surface area contributed by atoms with Gasteiger partial charge in [-0.05, 0) is 18.1 Å². The molecule has 0 aliphatic carbocycles. The Morgan fingerprint density at radius 2 is 1.94 bits per heavy atom. The molecule has 0 aromatic heterocycles. The number of carbonyl (C=O) groups is 1. The summed E-state index contributed by atoms with van der Waals surface area (Å²) in [4.78, 5) is 13.6. The molecule has 7 heteroatoms. The summed E-state index contributed by atoms with van der Waals surface area (Å²) in [6, 6.07) is 0.728. The average Bonchev–Trinajstić information content (AvgIpc) is 2.76. The first-order valence-electron chi connectivity index (χ1n) is 6.15. The quantitative estimate of drug-likeness (QED) is 0.536. The van der Waals surface area contributed by atoms with Crippen LogP contribution < -0.4 is 0 Å². The van der Waals surface area contributed by atoms with Crippen LogP contribution in [-0.2, 0) is 18.1 Å². The van der Waals surface area contributed by atoms with Crippen molar-refractivity contribution in [1.29, 1.82) is 0 Å². The van der Waals surface area contributed by atoms with Gasteiger partial charge in [0.05, 0.1) is 0 Å². The number of hydrogen-bond donors (Lipinski definition) is 1. The van der Waals surface area contributed by atoms with E-state index in [9.17, 15) is 4.79 Å². The molecule has 18 heavy (non-hydrogen) atoms. The highest BCUT2D eigenvalue weighted by Crippen LogP contribution is 2.21. The van der Waals surface area contributed by atoms with Crippen LogP contribution in [0, 0.1) is 5.92 Å². The van der Waals surface area contributed by atoms with Gasteiger partial charge in [0.2, 0.25) is 5.91 Å². The van der Waals surface area contributed by atoms with E-state index in [0.29, 0.717) is 12.3 Å². The summed E-state index contributed by atoms with van der Waals surface area (Å²) in [7, 11) is 2.34. The number of amides is 1.